The zero-order valence-electron chi connectivity index (χ0n) is 13.9. The van der Waals surface area contributed by atoms with Gasteiger partial charge < -0.3 is 10.6 Å². The van der Waals surface area contributed by atoms with Crippen LogP contribution in [0.4, 0.5) is 0 Å². The summed E-state index contributed by atoms with van der Waals surface area (Å²) < 4.78 is 1.08. The molecule has 2 N–H and O–H groups in total. The van der Waals surface area contributed by atoms with Crippen molar-refractivity contribution >= 4 is 21.8 Å². The van der Waals surface area contributed by atoms with Crippen LogP contribution in [-0.2, 0) is 10.2 Å². The van der Waals surface area contributed by atoms with Gasteiger partial charge in [-0.3, -0.25) is 4.79 Å². The number of likely N-dealkylation sites (N-methyl/N-ethyl adjacent to an activating group) is 1. The Morgan fingerprint density at radius 3 is 2.38 bits per heavy atom. The van der Waals surface area contributed by atoms with E-state index in [-0.39, 0.29) is 17.4 Å². The van der Waals surface area contributed by atoms with Gasteiger partial charge in [-0.25, -0.2) is 0 Å². The summed E-state index contributed by atoms with van der Waals surface area (Å²) in [7, 11) is 1.89. The van der Waals surface area contributed by atoms with E-state index in [0.717, 1.165) is 29.4 Å². The summed E-state index contributed by atoms with van der Waals surface area (Å²) in [6.07, 6.45) is 2.62. The Labute approximate surface area is 152 Å². The van der Waals surface area contributed by atoms with Crippen molar-refractivity contribution in [3.63, 3.8) is 0 Å². The number of hydrogen-bond acceptors (Lipinski definition) is 2. The molecule has 126 valence electrons. The molecular formula is C20H23BrN2O. The first-order valence-corrected chi connectivity index (χ1v) is 9.10. The van der Waals surface area contributed by atoms with Crippen molar-refractivity contribution in [3.05, 3.63) is 70.2 Å². The van der Waals surface area contributed by atoms with Crippen LogP contribution in [0.3, 0.4) is 0 Å². The topological polar surface area (TPSA) is 46.3 Å². The Morgan fingerprint density at radius 1 is 1.17 bits per heavy atom. The highest BCUT2D eigenvalue weighted by molar-refractivity contribution is 9.10. The molecule has 0 aliphatic heterocycles. The van der Waals surface area contributed by atoms with Gasteiger partial charge in [0, 0.05) is 35.9 Å². The van der Waals surface area contributed by atoms with Gasteiger partial charge in [-0.05, 0) is 36.1 Å². The third-order valence-corrected chi connectivity index (χ3v) is 5.43. The number of hydrogen-bond donors (Lipinski definition) is 1. The minimum atomic E-state index is -0.246. The van der Waals surface area contributed by atoms with Crippen LogP contribution in [0.2, 0.25) is 0 Å². The molecule has 1 amide bonds. The molecule has 0 aromatic heterocycles. The van der Waals surface area contributed by atoms with Gasteiger partial charge in [-0.2, -0.15) is 0 Å². The normalized spacial score (nSPS) is 16.5. The molecule has 1 fully saturated rings. The SMILES string of the molecule is CN(CC1(c2ccc(Br)cc2)CC1)C(=O)CC(N)c1ccccc1. The van der Waals surface area contributed by atoms with Crippen molar-refractivity contribution in [2.24, 2.45) is 5.73 Å². The van der Waals surface area contributed by atoms with E-state index in [1.54, 1.807) is 0 Å². The van der Waals surface area contributed by atoms with Crippen LogP contribution >= 0.6 is 15.9 Å². The molecular weight excluding hydrogens is 364 g/mol. The molecule has 1 atom stereocenters. The zero-order chi connectivity index (χ0) is 17.2. The van der Waals surface area contributed by atoms with Crippen molar-refractivity contribution in [3.8, 4) is 0 Å². The van der Waals surface area contributed by atoms with Crippen LogP contribution in [0, 0.1) is 0 Å². The Hall–Kier alpha value is -1.65. The predicted octanol–water partition coefficient (Wildman–Crippen LogP) is 4.03. The van der Waals surface area contributed by atoms with Crippen molar-refractivity contribution in [2.75, 3.05) is 13.6 Å². The highest BCUT2D eigenvalue weighted by atomic mass is 79.9. The lowest BCUT2D eigenvalue weighted by Gasteiger charge is -2.25. The van der Waals surface area contributed by atoms with Gasteiger partial charge in [0.05, 0.1) is 0 Å². The van der Waals surface area contributed by atoms with Crippen LogP contribution in [0.5, 0.6) is 0 Å². The van der Waals surface area contributed by atoms with E-state index in [4.69, 9.17) is 5.73 Å². The lowest BCUT2D eigenvalue weighted by Crippen LogP contribution is -2.36. The Balaban J connectivity index is 1.61. The minimum absolute atomic E-state index is 0.106. The number of carbonyl (C=O) groups is 1. The molecule has 3 nitrogen and oxygen atoms in total. The van der Waals surface area contributed by atoms with Gasteiger partial charge in [0.1, 0.15) is 0 Å². The third kappa shape index (κ3) is 3.87. The molecule has 3 rings (SSSR count). The summed E-state index contributed by atoms with van der Waals surface area (Å²) >= 11 is 3.48. The van der Waals surface area contributed by atoms with Gasteiger partial charge in [-0.15, -0.1) is 0 Å². The van der Waals surface area contributed by atoms with Crippen LogP contribution in [0.25, 0.3) is 0 Å². The predicted molar refractivity (Wildman–Crippen MR) is 101 cm³/mol. The van der Waals surface area contributed by atoms with Crippen LogP contribution in [-0.4, -0.2) is 24.4 Å². The molecule has 1 unspecified atom stereocenters. The molecule has 1 aliphatic rings. The number of carbonyl (C=O) groups excluding carboxylic acids is 1. The van der Waals surface area contributed by atoms with E-state index < -0.39 is 0 Å². The lowest BCUT2D eigenvalue weighted by molar-refractivity contribution is -0.130. The summed E-state index contributed by atoms with van der Waals surface area (Å²) in [5, 5.41) is 0. The second kappa shape index (κ2) is 7.08. The smallest absolute Gasteiger partial charge is 0.224 e. The summed E-state index contributed by atoms with van der Waals surface area (Å²) in [6.45, 7) is 0.759. The van der Waals surface area contributed by atoms with E-state index >= 15 is 0 Å². The maximum Gasteiger partial charge on any atom is 0.224 e. The van der Waals surface area contributed by atoms with Crippen LogP contribution < -0.4 is 5.73 Å². The van der Waals surface area contributed by atoms with Crippen molar-refractivity contribution in [1.29, 1.82) is 0 Å². The van der Waals surface area contributed by atoms with Crippen molar-refractivity contribution in [1.82, 2.24) is 4.90 Å². The standard InChI is InChI=1S/C20H23BrN2O/c1-23(19(24)13-18(22)15-5-3-2-4-6-15)14-20(11-12-20)16-7-9-17(21)10-8-16/h2-10,18H,11-14,22H2,1H3. The van der Waals surface area contributed by atoms with Gasteiger partial charge >= 0.3 is 0 Å². The zero-order valence-corrected chi connectivity index (χ0v) is 15.5. The van der Waals surface area contributed by atoms with E-state index in [1.165, 1.54) is 5.56 Å². The molecule has 24 heavy (non-hydrogen) atoms. The number of rotatable bonds is 6. The fraction of sp³-hybridized carbons (Fsp3) is 0.350. The lowest BCUT2D eigenvalue weighted by atomic mass is 9.95. The van der Waals surface area contributed by atoms with Crippen molar-refractivity contribution in [2.45, 2.75) is 30.7 Å². The Kier molecular flexibility index (Phi) is 5.07. The summed E-state index contributed by atoms with van der Waals surface area (Å²) in [5.41, 5.74) is 8.64. The van der Waals surface area contributed by atoms with E-state index in [2.05, 4.69) is 40.2 Å². The van der Waals surface area contributed by atoms with Gasteiger partial charge in [0.2, 0.25) is 5.91 Å². The largest absolute Gasteiger partial charge is 0.345 e. The number of nitrogens with two attached hydrogens (primary N) is 1. The maximum atomic E-state index is 12.6. The molecule has 1 saturated carbocycles. The molecule has 2 aromatic carbocycles. The first kappa shape index (κ1) is 17.2. The maximum absolute atomic E-state index is 12.6. The van der Waals surface area contributed by atoms with E-state index in [9.17, 15) is 4.79 Å². The molecule has 0 heterocycles. The van der Waals surface area contributed by atoms with Crippen molar-refractivity contribution < 1.29 is 4.79 Å². The fourth-order valence-electron chi connectivity index (χ4n) is 3.20. The molecule has 2 aromatic rings. The molecule has 0 saturated heterocycles. The van der Waals surface area contributed by atoms with E-state index in [0.29, 0.717) is 6.42 Å². The number of benzene rings is 2. The average molecular weight is 387 g/mol. The summed E-state index contributed by atoms with van der Waals surface area (Å²) in [4.78, 5) is 14.4. The van der Waals surface area contributed by atoms with Crippen LogP contribution in [0.15, 0.2) is 59.1 Å². The Morgan fingerprint density at radius 2 is 1.79 bits per heavy atom. The van der Waals surface area contributed by atoms with Gasteiger partial charge in [0.15, 0.2) is 0 Å². The summed E-state index contributed by atoms with van der Waals surface area (Å²) in [6, 6.07) is 18.0. The molecule has 4 heteroatoms. The molecule has 0 spiro atoms. The highest BCUT2D eigenvalue weighted by Gasteiger charge is 2.45. The number of halogens is 1. The van der Waals surface area contributed by atoms with Gasteiger partial charge in [-0.1, -0.05) is 58.4 Å². The quantitative estimate of drug-likeness (QED) is 0.814. The minimum Gasteiger partial charge on any atom is -0.345 e. The average Bonchev–Trinajstić information content (AvgIpc) is 3.36. The Bertz CT molecular complexity index is 695. The second-order valence-corrected chi connectivity index (χ2v) is 7.67. The number of nitrogens with zero attached hydrogens (tertiary/aromatic N) is 1. The fourth-order valence-corrected chi connectivity index (χ4v) is 3.46. The first-order valence-electron chi connectivity index (χ1n) is 8.31. The molecule has 0 bridgehead atoms. The van der Waals surface area contributed by atoms with Gasteiger partial charge in [0.25, 0.3) is 0 Å². The monoisotopic (exact) mass is 386 g/mol. The highest BCUT2D eigenvalue weighted by Crippen LogP contribution is 2.48. The number of amides is 1. The molecule has 1 aliphatic carbocycles. The van der Waals surface area contributed by atoms with Crippen LogP contribution in [0.1, 0.15) is 36.4 Å². The van der Waals surface area contributed by atoms with E-state index in [1.807, 2.05) is 42.3 Å². The summed E-state index contributed by atoms with van der Waals surface area (Å²) in [5.74, 6) is 0.106. The second-order valence-electron chi connectivity index (χ2n) is 6.76. The third-order valence-electron chi connectivity index (χ3n) is 4.90. The first-order chi connectivity index (χ1) is 11.5. The molecule has 0 radical (unpaired) electrons.